The summed E-state index contributed by atoms with van der Waals surface area (Å²) in [6.07, 6.45) is 4.21. The van der Waals surface area contributed by atoms with Crippen molar-refractivity contribution in [2.24, 2.45) is 5.92 Å². The lowest BCUT2D eigenvalue weighted by atomic mass is 9.98. The number of carbonyl (C=O) groups is 1. The predicted molar refractivity (Wildman–Crippen MR) is 61.6 cm³/mol. The average Bonchev–Trinajstić information content (AvgIpc) is 2.19. The molecule has 0 aromatic carbocycles. The van der Waals surface area contributed by atoms with Gasteiger partial charge in [-0.05, 0) is 32.6 Å². The first-order chi connectivity index (χ1) is 6.74. The summed E-state index contributed by atoms with van der Waals surface area (Å²) in [7, 11) is 0. The predicted octanol–water partition coefficient (Wildman–Crippen LogP) is 0.854. The summed E-state index contributed by atoms with van der Waals surface area (Å²) in [5.41, 5.74) is 0. The van der Waals surface area contributed by atoms with Crippen molar-refractivity contribution >= 4 is 17.7 Å². The molecule has 4 heteroatoms. The molecule has 3 nitrogen and oxygen atoms in total. The van der Waals surface area contributed by atoms with Crippen LogP contribution >= 0.6 is 11.8 Å². The highest BCUT2D eigenvalue weighted by Crippen LogP contribution is 2.10. The number of hydrogen-bond donors (Lipinski definition) is 2. The standard InChI is InChI=1S/C10H20N2OS/c1-8(7-14-2)12-10(13)9-4-3-5-11-6-9/h8-9,11H,3-7H2,1-2H3,(H,12,13). The summed E-state index contributed by atoms with van der Waals surface area (Å²) < 4.78 is 0. The molecule has 1 heterocycles. The number of amides is 1. The Morgan fingerprint density at radius 2 is 2.50 bits per heavy atom. The van der Waals surface area contributed by atoms with Crippen LogP contribution in [0.5, 0.6) is 0 Å². The smallest absolute Gasteiger partial charge is 0.224 e. The average molecular weight is 216 g/mol. The molecule has 1 aliphatic rings. The van der Waals surface area contributed by atoms with Gasteiger partial charge in [-0.3, -0.25) is 4.79 Å². The second-order valence-corrected chi connectivity index (χ2v) is 4.82. The van der Waals surface area contributed by atoms with E-state index in [1.807, 2.05) is 0 Å². The van der Waals surface area contributed by atoms with Gasteiger partial charge >= 0.3 is 0 Å². The third-order valence-electron chi connectivity index (χ3n) is 2.47. The van der Waals surface area contributed by atoms with E-state index in [0.717, 1.165) is 31.7 Å². The molecule has 2 atom stereocenters. The lowest BCUT2D eigenvalue weighted by molar-refractivity contribution is -0.125. The third-order valence-corrected chi connectivity index (χ3v) is 3.31. The van der Waals surface area contributed by atoms with Crippen LogP contribution in [0.2, 0.25) is 0 Å². The molecule has 1 amide bonds. The highest BCUT2D eigenvalue weighted by molar-refractivity contribution is 7.98. The molecule has 0 radical (unpaired) electrons. The maximum atomic E-state index is 11.7. The van der Waals surface area contributed by atoms with E-state index in [1.165, 1.54) is 0 Å². The SMILES string of the molecule is CSCC(C)NC(=O)C1CCCNC1. The van der Waals surface area contributed by atoms with Crippen LogP contribution in [0.1, 0.15) is 19.8 Å². The van der Waals surface area contributed by atoms with Gasteiger partial charge in [0.05, 0.1) is 5.92 Å². The van der Waals surface area contributed by atoms with Crippen molar-refractivity contribution in [1.82, 2.24) is 10.6 Å². The largest absolute Gasteiger partial charge is 0.353 e. The molecule has 1 saturated heterocycles. The molecule has 2 N–H and O–H groups in total. The molecule has 82 valence electrons. The first-order valence-electron chi connectivity index (χ1n) is 5.24. The number of carbonyl (C=O) groups excluding carboxylic acids is 1. The lowest BCUT2D eigenvalue weighted by Gasteiger charge is -2.23. The fraction of sp³-hybridized carbons (Fsp3) is 0.900. The molecule has 1 fully saturated rings. The zero-order valence-electron chi connectivity index (χ0n) is 9.01. The van der Waals surface area contributed by atoms with E-state index in [1.54, 1.807) is 11.8 Å². The van der Waals surface area contributed by atoms with Gasteiger partial charge in [0, 0.05) is 18.3 Å². The summed E-state index contributed by atoms with van der Waals surface area (Å²) >= 11 is 1.77. The minimum atomic E-state index is 0.188. The van der Waals surface area contributed by atoms with Crippen LogP contribution in [0.4, 0.5) is 0 Å². The van der Waals surface area contributed by atoms with Crippen molar-refractivity contribution in [1.29, 1.82) is 0 Å². The van der Waals surface area contributed by atoms with Crippen molar-refractivity contribution in [2.75, 3.05) is 25.1 Å². The number of nitrogens with one attached hydrogen (secondary N) is 2. The molecule has 14 heavy (non-hydrogen) atoms. The van der Waals surface area contributed by atoms with Gasteiger partial charge in [-0.2, -0.15) is 11.8 Å². The minimum Gasteiger partial charge on any atom is -0.353 e. The topological polar surface area (TPSA) is 41.1 Å². The quantitative estimate of drug-likeness (QED) is 0.732. The maximum Gasteiger partial charge on any atom is 0.224 e. The van der Waals surface area contributed by atoms with Crippen molar-refractivity contribution in [2.45, 2.75) is 25.8 Å². The van der Waals surface area contributed by atoms with Crippen LogP contribution in [-0.4, -0.2) is 37.0 Å². The number of piperidine rings is 1. The first-order valence-corrected chi connectivity index (χ1v) is 6.63. The summed E-state index contributed by atoms with van der Waals surface area (Å²) in [6.45, 7) is 3.96. The van der Waals surface area contributed by atoms with Crippen LogP contribution in [0, 0.1) is 5.92 Å². The van der Waals surface area contributed by atoms with Crippen LogP contribution < -0.4 is 10.6 Å². The zero-order valence-corrected chi connectivity index (χ0v) is 9.82. The van der Waals surface area contributed by atoms with E-state index in [2.05, 4.69) is 23.8 Å². The van der Waals surface area contributed by atoms with Crippen molar-refractivity contribution in [3.05, 3.63) is 0 Å². The maximum absolute atomic E-state index is 11.7. The molecule has 0 aliphatic carbocycles. The molecule has 1 rings (SSSR count). The Hall–Kier alpha value is -0.220. The molecular formula is C10H20N2OS. The molecule has 2 unspecified atom stereocenters. The third kappa shape index (κ3) is 3.88. The van der Waals surface area contributed by atoms with Gasteiger partial charge in [0.25, 0.3) is 0 Å². The number of rotatable bonds is 4. The van der Waals surface area contributed by atoms with Gasteiger partial charge in [-0.1, -0.05) is 0 Å². The van der Waals surface area contributed by atoms with Crippen LogP contribution in [0.25, 0.3) is 0 Å². The summed E-state index contributed by atoms with van der Waals surface area (Å²) in [5.74, 6) is 1.40. The Morgan fingerprint density at radius 1 is 1.71 bits per heavy atom. The molecule has 1 aliphatic heterocycles. The van der Waals surface area contributed by atoms with Crippen molar-refractivity contribution < 1.29 is 4.79 Å². The fourth-order valence-corrected chi connectivity index (χ4v) is 2.31. The van der Waals surface area contributed by atoms with Gasteiger partial charge in [0.1, 0.15) is 0 Å². The first kappa shape index (κ1) is 11.9. The highest BCUT2D eigenvalue weighted by Gasteiger charge is 2.21. The summed E-state index contributed by atoms with van der Waals surface area (Å²) in [4.78, 5) is 11.7. The van der Waals surface area contributed by atoms with Gasteiger partial charge in [0.2, 0.25) is 5.91 Å². The zero-order chi connectivity index (χ0) is 10.4. The Labute approximate surface area is 90.4 Å². The lowest BCUT2D eigenvalue weighted by Crippen LogP contribution is -2.44. The molecular weight excluding hydrogens is 196 g/mol. The molecule has 0 aromatic rings. The molecule has 0 aromatic heterocycles. The van der Waals surface area contributed by atoms with Crippen molar-refractivity contribution in [3.8, 4) is 0 Å². The monoisotopic (exact) mass is 216 g/mol. The van der Waals surface area contributed by atoms with Gasteiger partial charge < -0.3 is 10.6 Å². The van der Waals surface area contributed by atoms with E-state index in [-0.39, 0.29) is 11.8 Å². The van der Waals surface area contributed by atoms with Gasteiger partial charge in [-0.25, -0.2) is 0 Å². The summed E-state index contributed by atoms with van der Waals surface area (Å²) in [6, 6.07) is 0.291. The van der Waals surface area contributed by atoms with Crippen LogP contribution in [0.15, 0.2) is 0 Å². The van der Waals surface area contributed by atoms with E-state index in [9.17, 15) is 4.79 Å². The van der Waals surface area contributed by atoms with Crippen LogP contribution in [-0.2, 0) is 4.79 Å². The Kier molecular flexibility index (Phi) is 5.33. The minimum absolute atomic E-state index is 0.188. The van der Waals surface area contributed by atoms with E-state index < -0.39 is 0 Å². The van der Waals surface area contributed by atoms with E-state index in [4.69, 9.17) is 0 Å². The number of thioether (sulfide) groups is 1. The summed E-state index contributed by atoms with van der Waals surface area (Å²) in [5, 5.41) is 6.31. The van der Waals surface area contributed by atoms with E-state index in [0.29, 0.717) is 6.04 Å². The Balaban J connectivity index is 2.25. The van der Waals surface area contributed by atoms with Gasteiger partial charge in [0.15, 0.2) is 0 Å². The van der Waals surface area contributed by atoms with Crippen LogP contribution in [0.3, 0.4) is 0 Å². The number of hydrogen-bond acceptors (Lipinski definition) is 3. The van der Waals surface area contributed by atoms with Gasteiger partial charge in [-0.15, -0.1) is 0 Å². The van der Waals surface area contributed by atoms with E-state index >= 15 is 0 Å². The second-order valence-electron chi connectivity index (χ2n) is 3.91. The highest BCUT2D eigenvalue weighted by atomic mass is 32.2. The van der Waals surface area contributed by atoms with Crippen molar-refractivity contribution in [3.63, 3.8) is 0 Å². The Bertz CT molecular complexity index is 181. The Morgan fingerprint density at radius 3 is 3.07 bits per heavy atom. The fourth-order valence-electron chi connectivity index (χ4n) is 1.73. The molecule has 0 bridgehead atoms. The normalized spacial score (nSPS) is 24.3. The molecule has 0 saturated carbocycles. The molecule has 0 spiro atoms. The second kappa shape index (κ2) is 6.30.